The minimum absolute atomic E-state index is 0.0563. The molecule has 10 heteroatoms. The molecule has 0 saturated carbocycles. The molecule has 1 fully saturated rings. The van der Waals surface area contributed by atoms with E-state index in [1.54, 1.807) is 42.5 Å². The van der Waals surface area contributed by atoms with Gasteiger partial charge >= 0.3 is 6.03 Å². The number of carbonyl (C=O) groups excluding carboxylic acids is 2. The maximum Gasteiger partial charge on any atom is 0.319 e. The Labute approximate surface area is 280 Å². The number of aliphatic hydroxyl groups is 2. The molecule has 5 unspecified atom stereocenters. The van der Waals surface area contributed by atoms with E-state index in [4.69, 9.17) is 9.47 Å². The molecule has 1 saturated heterocycles. The standard InChI is InChI=1S/C38H43N3O7/c1-25(43)34(18-26-8-4-3-5-9-26)40-38(46)39-31-12-6-11-30(19-31)37-47-33(21-36(48-37)28-16-14-27(24-42)15-17-28)22-41(2)23-35(45)29-10-7-13-32(44)20-29/h3-17,19-20,33-37,42,44-45H,18,21-24H2,1-2H3,(H2,39,40,46). The molecule has 0 bridgehead atoms. The Morgan fingerprint density at radius 1 is 0.896 bits per heavy atom. The highest BCUT2D eigenvalue weighted by molar-refractivity contribution is 5.93. The molecule has 1 aliphatic rings. The summed E-state index contributed by atoms with van der Waals surface area (Å²) in [5.74, 6) is -0.0461. The summed E-state index contributed by atoms with van der Waals surface area (Å²) in [6.45, 7) is 2.22. The molecule has 0 radical (unpaired) electrons. The van der Waals surface area contributed by atoms with Crippen LogP contribution in [0.15, 0.2) is 103 Å². The Morgan fingerprint density at radius 3 is 2.35 bits per heavy atom. The zero-order valence-electron chi connectivity index (χ0n) is 27.2. The van der Waals surface area contributed by atoms with E-state index in [1.807, 2.05) is 72.6 Å². The smallest absolute Gasteiger partial charge is 0.319 e. The first-order chi connectivity index (χ1) is 23.2. The van der Waals surface area contributed by atoms with Gasteiger partial charge in [-0.05, 0) is 66.9 Å². The maximum atomic E-state index is 13.0. The van der Waals surface area contributed by atoms with E-state index in [9.17, 15) is 24.9 Å². The molecule has 2 amide bonds. The highest BCUT2D eigenvalue weighted by Gasteiger charge is 2.33. The van der Waals surface area contributed by atoms with Gasteiger partial charge < -0.3 is 40.3 Å². The zero-order valence-corrected chi connectivity index (χ0v) is 27.2. The Bertz CT molecular complexity index is 1650. The highest BCUT2D eigenvalue weighted by Crippen LogP contribution is 2.38. The van der Waals surface area contributed by atoms with Gasteiger partial charge in [0.1, 0.15) is 5.75 Å². The topological polar surface area (TPSA) is 141 Å². The van der Waals surface area contributed by atoms with Gasteiger partial charge in [0.2, 0.25) is 0 Å². The molecule has 0 spiro atoms. The van der Waals surface area contributed by atoms with Gasteiger partial charge in [0, 0.05) is 30.8 Å². The number of hydrogen-bond acceptors (Lipinski definition) is 8. The molecule has 1 heterocycles. The first-order valence-electron chi connectivity index (χ1n) is 16.0. The molecule has 4 aromatic rings. The summed E-state index contributed by atoms with van der Waals surface area (Å²) in [6.07, 6.45) is -1.22. The van der Waals surface area contributed by atoms with Crippen molar-refractivity contribution in [3.8, 4) is 5.75 Å². The van der Waals surface area contributed by atoms with Crippen molar-refractivity contribution in [2.24, 2.45) is 0 Å². The SMILES string of the molecule is CC(=O)C(Cc1ccccc1)NC(=O)Nc1cccc(C2OC(CN(C)CC(O)c3cccc(O)c3)CC(c3ccc(CO)cc3)O2)c1. The second-order valence-corrected chi connectivity index (χ2v) is 12.3. The first kappa shape index (κ1) is 34.7. The number of nitrogens with zero attached hydrogens (tertiary/aromatic N) is 1. The average molecular weight is 654 g/mol. The van der Waals surface area contributed by atoms with Crippen LogP contribution in [0.1, 0.15) is 59.7 Å². The third-order valence-electron chi connectivity index (χ3n) is 8.37. The summed E-state index contributed by atoms with van der Waals surface area (Å²) < 4.78 is 12.9. The Balaban J connectivity index is 1.29. The van der Waals surface area contributed by atoms with Crippen LogP contribution >= 0.6 is 0 Å². The fourth-order valence-electron chi connectivity index (χ4n) is 5.82. The van der Waals surface area contributed by atoms with Crippen molar-refractivity contribution in [2.45, 2.75) is 57.0 Å². The van der Waals surface area contributed by atoms with E-state index in [2.05, 4.69) is 10.6 Å². The van der Waals surface area contributed by atoms with Gasteiger partial charge in [-0.1, -0.05) is 78.9 Å². The van der Waals surface area contributed by atoms with Crippen LogP contribution in [-0.2, 0) is 27.3 Å². The number of aliphatic hydroxyl groups excluding tert-OH is 2. The number of anilines is 1. The average Bonchev–Trinajstić information content (AvgIpc) is 3.08. The zero-order chi connectivity index (χ0) is 34.0. The number of hydrogen-bond donors (Lipinski definition) is 5. The van der Waals surface area contributed by atoms with E-state index in [0.717, 1.165) is 16.7 Å². The lowest BCUT2D eigenvalue weighted by Gasteiger charge is -2.38. The first-order valence-corrected chi connectivity index (χ1v) is 16.0. The van der Waals surface area contributed by atoms with E-state index in [-0.39, 0.29) is 30.3 Å². The van der Waals surface area contributed by atoms with Crippen molar-refractivity contribution in [1.29, 1.82) is 0 Å². The van der Waals surface area contributed by atoms with Crippen molar-refractivity contribution in [3.63, 3.8) is 0 Å². The van der Waals surface area contributed by atoms with E-state index in [0.29, 0.717) is 42.7 Å². The lowest BCUT2D eigenvalue weighted by molar-refractivity contribution is -0.252. The number of nitrogens with one attached hydrogen (secondary N) is 2. The Hall–Kier alpha value is -4.58. The lowest BCUT2D eigenvalue weighted by atomic mass is 9.99. The fourth-order valence-corrected chi connectivity index (χ4v) is 5.82. The highest BCUT2D eigenvalue weighted by atomic mass is 16.7. The normalized spacial score (nSPS) is 19.0. The number of phenolic OH excluding ortho intramolecular Hbond substituents is 1. The number of benzene rings is 4. The molecule has 0 aromatic heterocycles. The van der Waals surface area contributed by atoms with Gasteiger partial charge in [0.25, 0.3) is 0 Å². The van der Waals surface area contributed by atoms with E-state index in [1.165, 1.54) is 6.92 Å². The predicted molar refractivity (Wildman–Crippen MR) is 182 cm³/mol. The molecule has 1 aliphatic heterocycles. The number of phenols is 1. The lowest BCUT2D eigenvalue weighted by Crippen LogP contribution is -2.43. The largest absolute Gasteiger partial charge is 0.508 e. The number of Topliss-reactive ketones (excluding diaryl/α,β-unsaturated/α-hetero) is 1. The minimum atomic E-state index is -0.802. The van der Waals surface area contributed by atoms with Crippen molar-refractivity contribution in [1.82, 2.24) is 10.2 Å². The van der Waals surface area contributed by atoms with Crippen LogP contribution in [0.25, 0.3) is 0 Å². The molecular weight excluding hydrogens is 610 g/mol. The van der Waals surface area contributed by atoms with Crippen molar-refractivity contribution in [2.75, 3.05) is 25.5 Å². The number of carbonyl (C=O) groups is 2. The van der Waals surface area contributed by atoms with Gasteiger partial charge in [0.15, 0.2) is 12.1 Å². The molecule has 10 nitrogen and oxygen atoms in total. The van der Waals surface area contributed by atoms with Crippen molar-refractivity contribution < 1.29 is 34.4 Å². The van der Waals surface area contributed by atoms with Crippen LogP contribution in [0.5, 0.6) is 5.75 Å². The molecule has 0 aliphatic carbocycles. The Kier molecular flexibility index (Phi) is 11.9. The summed E-state index contributed by atoms with van der Waals surface area (Å²) in [5, 5.41) is 35.8. The van der Waals surface area contributed by atoms with Crippen molar-refractivity contribution >= 4 is 17.5 Å². The maximum absolute atomic E-state index is 13.0. The molecule has 252 valence electrons. The van der Waals surface area contributed by atoms with Crippen molar-refractivity contribution in [3.05, 3.63) is 131 Å². The number of ether oxygens (including phenoxy) is 2. The second-order valence-electron chi connectivity index (χ2n) is 12.3. The number of likely N-dealkylation sites (N-methyl/N-ethyl adjacent to an activating group) is 1. The molecule has 5 rings (SSSR count). The monoisotopic (exact) mass is 653 g/mol. The summed E-state index contributed by atoms with van der Waals surface area (Å²) in [7, 11) is 1.90. The van der Waals surface area contributed by atoms with Gasteiger partial charge in [0.05, 0.1) is 31.0 Å². The number of aromatic hydroxyl groups is 1. The molecule has 5 atom stereocenters. The summed E-state index contributed by atoms with van der Waals surface area (Å²) >= 11 is 0. The molecule has 4 aromatic carbocycles. The number of ketones is 1. The van der Waals surface area contributed by atoms with Crippen LogP contribution in [0, 0.1) is 0 Å². The molecular formula is C38H43N3O7. The van der Waals surface area contributed by atoms with E-state index < -0.39 is 24.5 Å². The van der Waals surface area contributed by atoms with Crippen LogP contribution in [-0.4, -0.2) is 64.3 Å². The van der Waals surface area contributed by atoms with Crippen LogP contribution in [0.2, 0.25) is 0 Å². The van der Waals surface area contributed by atoms with Gasteiger partial charge in [-0.2, -0.15) is 0 Å². The summed E-state index contributed by atoms with van der Waals surface area (Å²) in [4.78, 5) is 27.3. The quantitative estimate of drug-likeness (QED) is 0.129. The van der Waals surface area contributed by atoms with Crippen LogP contribution in [0.4, 0.5) is 10.5 Å². The van der Waals surface area contributed by atoms with E-state index >= 15 is 0 Å². The van der Waals surface area contributed by atoms with Gasteiger partial charge in [-0.25, -0.2) is 4.79 Å². The summed E-state index contributed by atoms with van der Waals surface area (Å²) in [6, 6.07) is 29.8. The number of urea groups is 1. The molecule has 48 heavy (non-hydrogen) atoms. The predicted octanol–water partition coefficient (Wildman–Crippen LogP) is 5.42. The van der Waals surface area contributed by atoms with Gasteiger partial charge in [-0.15, -0.1) is 0 Å². The molecule has 5 N–H and O–H groups in total. The minimum Gasteiger partial charge on any atom is -0.508 e. The van der Waals surface area contributed by atoms with Gasteiger partial charge in [-0.3, -0.25) is 4.79 Å². The van der Waals surface area contributed by atoms with Crippen LogP contribution < -0.4 is 10.6 Å². The summed E-state index contributed by atoms with van der Waals surface area (Å²) in [5.41, 5.74) is 4.52. The number of amides is 2. The van der Waals surface area contributed by atoms with Crippen LogP contribution in [0.3, 0.4) is 0 Å². The Morgan fingerprint density at radius 2 is 1.65 bits per heavy atom. The fraction of sp³-hybridized carbons (Fsp3) is 0.316. The third kappa shape index (κ3) is 9.72. The third-order valence-corrected chi connectivity index (χ3v) is 8.37. The number of rotatable bonds is 13. The second kappa shape index (κ2) is 16.5.